The van der Waals surface area contributed by atoms with Crippen LogP contribution in [0.2, 0.25) is 0 Å². The van der Waals surface area contributed by atoms with Gasteiger partial charge in [-0.2, -0.15) is 0 Å². The molecule has 0 bridgehead atoms. The fourth-order valence-electron chi connectivity index (χ4n) is 1.05. The maximum atomic E-state index is 11.5. The number of aromatic nitrogens is 2. The Morgan fingerprint density at radius 1 is 1.47 bits per heavy atom. The predicted molar refractivity (Wildman–Crippen MR) is 51.5 cm³/mol. The smallest absolute Gasteiger partial charge is 0.272 e. The summed E-state index contributed by atoms with van der Waals surface area (Å²) in [5.74, 6) is -0.420. The summed E-state index contributed by atoms with van der Waals surface area (Å²) in [4.78, 5) is 24.8. The van der Waals surface area contributed by atoms with Crippen molar-refractivity contribution in [2.45, 2.75) is 0 Å². The lowest BCUT2D eigenvalue weighted by atomic mass is 10.3. The number of nitrogens with one attached hydrogen (secondary N) is 2. The van der Waals surface area contributed by atoms with Gasteiger partial charge in [0.25, 0.3) is 5.91 Å². The molecule has 1 amide bonds. The summed E-state index contributed by atoms with van der Waals surface area (Å²) >= 11 is 0. The van der Waals surface area contributed by atoms with Crippen molar-refractivity contribution >= 4 is 11.6 Å². The highest BCUT2D eigenvalue weighted by Crippen LogP contribution is 2.05. The SMILES string of the molecule is O=C(Nc1cnoc1)c1cccc(=O)[nH]1. The Bertz CT molecular complexity index is 515. The maximum Gasteiger partial charge on any atom is 0.272 e. The molecule has 0 fully saturated rings. The van der Waals surface area contributed by atoms with Crippen molar-refractivity contribution < 1.29 is 9.32 Å². The largest absolute Gasteiger partial charge is 0.363 e. The summed E-state index contributed by atoms with van der Waals surface area (Å²) in [5.41, 5.74) is 0.293. The molecular formula is C9H7N3O3. The third-order valence-electron chi connectivity index (χ3n) is 1.70. The van der Waals surface area contributed by atoms with Crippen molar-refractivity contribution in [3.8, 4) is 0 Å². The molecule has 0 aliphatic rings. The number of hydrogen-bond acceptors (Lipinski definition) is 4. The van der Waals surface area contributed by atoms with E-state index in [2.05, 4.69) is 20.0 Å². The quantitative estimate of drug-likeness (QED) is 0.752. The van der Waals surface area contributed by atoms with Crippen molar-refractivity contribution in [3.05, 3.63) is 46.7 Å². The molecule has 0 aliphatic carbocycles. The monoisotopic (exact) mass is 205 g/mol. The van der Waals surface area contributed by atoms with Crippen molar-refractivity contribution in [1.29, 1.82) is 0 Å². The van der Waals surface area contributed by atoms with Crippen LogP contribution in [0.3, 0.4) is 0 Å². The van der Waals surface area contributed by atoms with Crippen molar-refractivity contribution in [1.82, 2.24) is 10.1 Å². The number of rotatable bonds is 2. The van der Waals surface area contributed by atoms with Gasteiger partial charge in [-0.3, -0.25) is 9.59 Å². The van der Waals surface area contributed by atoms with Crippen LogP contribution in [0.5, 0.6) is 0 Å². The second kappa shape index (κ2) is 3.79. The highest BCUT2D eigenvalue weighted by Gasteiger charge is 2.07. The van der Waals surface area contributed by atoms with Crippen LogP contribution in [0.15, 0.2) is 40.0 Å². The summed E-state index contributed by atoms with van der Waals surface area (Å²) in [6.45, 7) is 0. The topological polar surface area (TPSA) is 88.0 Å². The second-order valence-electron chi connectivity index (χ2n) is 2.80. The van der Waals surface area contributed by atoms with Gasteiger partial charge in [-0.15, -0.1) is 0 Å². The molecular weight excluding hydrogens is 198 g/mol. The number of carbonyl (C=O) groups is 1. The minimum Gasteiger partial charge on any atom is -0.363 e. The molecule has 2 aromatic heterocycles. The minimum absolute atomic E-state index is 0.184. The molecule has 0 saturated carbocycles. The molecule has 0 atom stereocenters. The van der Waals surface area contributed by atoms with Gasteiger partial charge in [0.2, 0.25) is 5.56 Å². The second-order valence-corrected chi connectivity index (χ2v) is 2.80. The highest BCUT2D eigenvalue weighted by molar-refractivity contribution is 6.02. The zero-order valence-electron chi connectivity index (χ0n) is 7.56. The average molecular weight is 205 g/mol. The summed E-state index contributed by atoms with van der Waals surface area (Å²) < 4.78 is 4.54. The summed E-state index contributed by atoms with van der Waals surface area (Å²) in [5, 5.41) is 5.92. The molecule has 0 radical (unpaired) electrons. The molecule has 76 valence electrons. The van der Waals surface area contributed by atoms with Gasteiger partial charge in [-0.05, 0) is 6.07 Å². The van der Waals surface area contributed by atoms with E-state index in [9.17, 15) is 9.59 Å². The first-order valence-electron chi connectivity index (χ1n) is 4.16. The predicted octanol–water partition coefficient (Wildman–Crippen LogP) is 0.615. The summed E-state index contributed by atoms with van der Waals surface area (Å²) in [7, 11) is 0. The zero-order valence-corrected chi connectivity index (χ0v) is 7.56. The number of carbonyl (C=O) groups excluding carboxylic acids is 1. The fourth-order valence-corrected chi connectivity index (χ4v) is 1.05. The lowest BCUT2D eigenvalue weighted by Crippen LogP contribution is -2.17. The van der Waals surface area contributed by atoms with Crippen LogP contribution in [0.25, 0.3) is 0 Å². The van der Waals surface area contributed by atoms with Gasteiger partial charge in [-0.25, -0.2) is 0 Å². The van der Waals surface area contributed by atoms with Crippen molar-refractivity contribution in [2.24, 2.45) is 0 Å². The van der Waals surface area contributed by atoms with Crippen LogP contribution < -0.4 is 10.9 Å². The lowest BCUT2D eigenvalue weighted by Gasteiger charge is -2.00. The number of pyridine rings is 1. The molecule has 6 nitrogen and oxygen atoms in total. The van der Waals surface area contributed by atoms with E-state index in [1.807, 2.05) is 0 Å². The molecule has 0 saturated heterocycles. The van der Waals surface area contributed by atoms with E-state index >= 15 is 0 Å². The Balaban J connectivity index is 2.18. The normalized spacial score (nSPS) is 9.87. The highest BCUT2D eigenvalue weighted by atomic mass is 16.5. The lowest BCUT2D eigenvalue weighted by molar-refractivity contribution is 0.102. The van der Waals surface area contributed by atoms with E-state index < -0.39 is 5.91 Å². The number of anilines is 1. The third-order valence-corrected chi connectivity index (χ3v) is 1.70. The van der Waals surface area contributed by atoms with Crippen LogP contribution in [0, 0.1) is 0 Å². The van der Waals surface area contributed by atoms with E-state index in [1.54, 1.807) is 0 Å². The summed E-state index contributed by atoms with van der Waals surface area (Å²) in [6.07, 6.45) is 2.65. The van der Waals surface area contributed by atoms with Crippen LogP contribution in [0.1, 0.15) is 10.5 Å². The van der Waals surface area contributed by atoms with Gasteiger partial charge < -0.3 is 14.8 Å². The van der Waals surface area contributed by atoms with E-state index in [1.165, 1.54) is 30.7 Å². The molecule has 0 aliphatic heterocycles. The molecule has 0 aromatic carbocycles. The van der Waals surface area contributed by atoms with Gasteiger partial charge in [0.15, 0.2) is 0 Å². The molecule has 2 rings (SSSR count). The molecule has 0 spiro atoms. The molecule has 6 heteroatoms. The number of nitrogens with zero attached hydrogens (tertiary/aromatic N) is 1. The first-order valence-corrected chi connectivity index (χ1v) is 4.16. The van der Waals surface area contributed by atoms with Gasteiger partial charge in [-0.1, -0.05) is 11.2 Å². The third kappa shape index (κ3) is 2.11. The molecule has 2 N–H and O–H groups in total. The first kappa shape index (κ1) is 9.20. The van der Waals surface area contributed by atoms with Crippen LogP contribution in [-0.4, -0.2) is 16.0 Å². The molecule has 2 heterocycles. The number of amides is 1. The van der Waals surface area contributed by atoms with E-state index in [-0.39, 0.29) is 11.3 Å². The van der Waals surface area contributed by atoms with E-state index in [0.29, 0.717) is 5.69 Å². The Hall–Kier alpha value is -2.37. The zero-order chi connectivity index (χ0) is 10.7. The Kier molecular flexibility index (Phi) is 2.32. The van der Waals surface area contributed by atoms with Gasteiger partial charge in [0.1, 0.15) is 17.6 Å². The Morgan fingerprint density at radius 3 is 3.00 bits per heavy atom. The van der Waals surface area contributed by atoms with Crippen molar-refractivity contribution in [2.75, 3.05) is 5.32 Å². The fraction of sp³-hybridized carbons (Fsp3) is 0. The van der Waals surface area contributed by atoms with Gasteiger partial charge in [0, 0.05) is 6.07 Å². The maximum absolute atomic E-state index is 11.5. The number of H-pyrrole nitrogens is 1. The Labute approximate surface area is 83.9 Å². The summed E-state index contributed by atoms with van der Waals surface area (Å²) in [6, 6.07) is 4.34. The molecule has 15 heavy (non-hydrogen) atoms. The van der Waals surface area contributed by atoms with Gasteiger partial charge >= 0.3 is 0 Å². The number of hydrogen-bond donors (Lipinski definition) is 2. The number of aromatic amines is 1. The first-order chi connectivity index (χ1) is 7.25. The average Bonchev–Trinajstić information content (AvgIpc) is 2.70. The van der Waals surface area contributed by atoms with Crippen LogP contribution in [-0.2, 0) is 0 Å². The van der Waals surface area contributed by atoms with Crippen LogP contribution in [0.4, 0.5) is 5.69 Å². The van der Waals surface area contributed by atoms with Gasteiger partial charge in [0.05, 0.1) is 6.20 Å². The van der Waals surface area contributed by atoms with E-state index in [0.717, 1.165) is 0 Å². The van der Waals surface area contributed by atoms with E-state index in [4.69, 9.17) is 0 Å². The molecule has 2 aromatic rings. The standard InChI is InChI=1S/C9H7N3O3/c13-8-3-1-2-7(12-8)9(14)11-6-4-10-15-5-6/h1-5H,(H,11,14)(H,12,13). The van der Waals surface area contributed by atoms with Crippen LogP contribution >= 0.6 is 0 Å². The van der Waals surface area contributed by atoms with Crippen molar-refractivity contribution in [3.63, 3.8) is 0 Å². The Morgan fingerprint density at radius 2 is 2.33 bits per heavy atom. The molecule has 0 unspecified atom stereocenters. The minimum atomic E-state index is -0.420.